The summed E-state index contributed by atoms with van der Waals surface area (Å²) in [6.07, 6.45) is -1.29. The van der Waals surface area contributed by atoms with Crippen LogP contribution in [0.15, 0.2) is 0 Å². The molecule has 1 saturated carbocycles. The second-order valence-electron chi connectivity index (χ2n) is 5.70. The van der Waals surface area contributed by atoms with Crippen molar-refractivity contribution in [2.45, 2.75) is 44.8 Å². The van der Waals surface area contributed by atoms with Crippen molar-refractivity contribution in [2.24, 2.45) is 11.8 Å². The van der Waals surface area contributed by atoms with Crippen LogP contribution in [0.1, 0.15) is 32.6 Å². The predicted molar refractivity (Wildman–Crippen MR) is 67.5 cm³/mol. The Bertz CT molecular complexity index is 243. The standard InChI is InChI=1S/C13H25F3N2/c1-10-4-5-12(17-2)11(8-10)9-18(3)7-6-13(14,15)16/h10-12,17H,4-9H2,1-3H3. The Morgan fingerprint density at radius 3 is 2.50 bits per heavy atom. The molecule has 1 aliphatic carbocycles. The summed E-state index contributed by atoms with van der Waals surface area (Å²) in [5.74, 6) is 1.16. The number of alkyl halides is 3. The topological polar surface area (TPSA) is 15.3 Å². The van der Waals surface area contributed by atoms with Gasteiger partial charge in [-0.05, 0) is 45.2 Å². The molecule has 108 valence electrons. The number of halogens is 3. The zero-order chi connectivity index (χ0) is 13.8. The van der Waals surface area contributed by atoms with E-state index >= 15 is 0 Å². The highest BCUT2D eigenvalue weighted by atomic mass is 19.4. The van der Waals surface area contributed by atoms with Crippen molar-refractivity contribution in [3.8, 4) is 0 Å². The second kappa shape index (κ2) is 6.75. The third kappa shape index (κ3) is 5.57. The van der Waals surface area contributed by atoms with Crippen LogP contribution in [-0.2, 0) is 0 Å². The van der Waals surface area contributed by atoms with Gasteiger partial charge >= 0.3 is 6.18 Å². The fourth-order valence-electron chi connectivity index (χ4n) is 2.89. The summed E-state index contributed by atoms with van der Waals surface area (Å²) < 4.78 is 36.5. The first-order valence-electron chi connectivity index (χ1n) is 6.74. The molecular formula is C13H25F3N2. The lowest BCUT2D eigenvalue weighted by Gasteiger charge is -2.37. The number of nitrogens with one attached hydrogen (secondary N) is 1. The van der Waals surface area contributed by atoms with Gasteiger partial charge in [0.15, 0.2) is 0 Å². The molecule has 2 nitrogen and oxygen atoms in total. The molecule has 1 rings (SSSR count). The summed E-state index contributed by atoms with van der Waals surface area (Å²) >= 11 is 0. The molecule has 1 N–H and O–H groups in total. The van der Waals surface area contributed by atoms with Crippen LogP contribution in [-0.4, -0.2) is 44.3 Å². The molecule has 3 atom stereocenters. The van der Waals surface area contributed by atoms with Gasteiger partial charge in [-0.2, -0.15) is 13.2 Å². The molecule has 0 bridgehead atoms. The van der Waals surface area contributed by atoms with Crippen molar-refractivity contribution in [3.05, 3.63) is 0 Å². The van der Waals surface area contributed by atoms with E-state index in [2.05, 4.69) is 12.2 Å². The number of nitrogens with zero attached hydrogens (tertiary/aromatic N) is 1. The number of hydrogen-bond donors (Lipinski definition) is 1. The Labute approximate surface area is 108 Å². The zero-order valence-corrected chi connectivity index (χ0v) is 11.6. The molecule has 0 radical (unpaired) electrons. The molecule has 0 amide bonds. The smallest absolute Gasteiger partial charge is 0.317 e. The summed E-state index contributed by atoms with van der Waals surface area (Å²) in [6, 6.07) is 0.453. The van der Waals surface area contributed by atoms with Gasteiger partial charge in [-0.25, -0.2) is 0 Å². The van der Waals surface area contributed by atoms with Gasteiger partial charge < -0.3 is 10.2 Å². The summed E-state index contributed by atoms with van der Waals surface area (Å²) in [4.78, 5) is 1.82. The maximum atomic E-state index is 12.2. The summed E-state index contributed by atoms with van der Waals surface area (Å²) in [6.45, 7) is 3.09. The quantitative estimate of drug-likeness (QED) is 0.823. The van der Waals surface area contributed by atoms with Gasteiger partial charge in [0, 0.05) is 19.1 Å². The summed E-state index contributed by atoms with van der Waals surface area (Å²) in [5, 5.41) is 3.30. The van der Waals surface area contributed by atoms with Crippen LogP contribution in [0.4, 0.5) is 13.2 Å². The minimum absolute atomic E-state index is 0.102. The largest absolute Gasteiger partial charge is 0.390 e. The van der Waals surface area contributed by atoms with E-state index in [4.69, 9.17) is 0 Å². The van der Waals surface area contributed by atoms with Crippen LogP contribution in [0.2, 0.25) is 0 Å². The van der Waals surface area contributed by atoms with Gasteiger partial charge in [0.1, 0.15) is 0 Å². The minimum Gasteiger partial charge on any atom is -0.317 e. The molecule has 0 aromatic rings. The molecular weight excluding hydrogens is 241 g/mol. The monoisotopic (exact) mass is 266 g/mol. The Kier molecular flexibility index (Phi) is 5.92. The minimum atomic E-state index is -4.05. The van der Waals surface area contributed by atoms with Crippen molar-refractivity contribution in [1.29, 1.82) is 0 Å². The average Bonchev–Trinajstić information content (AvgIpc) is 2.26. The third-order valence-corrected chi connectivity index (χ3v) is 3.94. The average molecular weight is 266 g/mol. The van der Waals surface area contributed by atoms with Gasteiger partial charge in [0.25, 0.3) is 0 Å². The molecule has 0 saturated heterocycles. The lowest BCUT2D eigenvalue weighted by atomic mass is 9.78. The van der Waals surface area contributed by atoms with E-state index in [0.29, 0.717) is 17.9 Å². The van der Waals surface area contributed by atoms with Crippen LogP contribution in [0, 0.1) is 11.8 Å². The molecule has 3 unspecified atom stereocenters. The summed E-state index contributed by atoms with van der Waals surface area (Å²) in [5.41, 5.74) is 0. The Morgan fingerprint density at radius 1 is 1.28 bits per heavy atom. The molecule has 0 heterocycles. The van der Waals surface area contributed by atoms with Gasteiger partial charge in [-0.3, -0.25) is 0 Å². The maximum Gasteiger partial charge on any atom is 0.390 e. The van der Waals surface area contributed by atoms with Crippen molar-refractivity contribution < 1.29 is 13.2 Å². The Hall–Kier alpha value is -0.290. The van der Waals surface area contributed by atoms with E-state index in [0.717, 1.165) is 19.4 Å². The van der Waals surface area contributed by atoms with Crippen LogP contribution in [0.5, 0.6) is 0 Å². The molecule has 0 aromatic heterocycles. The van der Waals surface area contributed by atoms with E-state index in [1.165, 1.54) is 6.42 Å². The molecule has 0 aliphatic heterocycles. The van der Waals surface area contributed by atoms with Gasteiger partial charge in [0.05, 0.1) is 6.42 Å². The third-order valence-electron chi connectivity index (χ3n) is 3.94. The van der Waals surface area contributed by atoms with E-state index in [1.54, 1.807) is 7.05 Å². The van der Waals surface area contributed by atoms with Gasteiger partial charge in [-0.15, -0.1) is 0 Å². The van der Waals surface area contributed by atoms with Crippen LogP contribution < -0.4 is 5.32 Å². The zero-order valence-electron chi connectivity index (χ0n) is 11.6. The lowest BCUT2D eigenvalue weighted by Crippen LogP contribution is -2.44. The van der Waals surface area contributed by atoms with E-state index < -0.39 is 12.6 Å². The molecule has 5 heteroatoms. The van der Waals surface area contributed by atoms with E-state index in [1.807, 2.05) is 11.9 Å². The maximum absolute atomic E-state index is 12.2. The number of rotatable bonds is 5. The highest BCUT2D eigenvalue weighted by Crippen LogP contribution is 2.29. The van der Waals surface area contributed by atoms with Crippen molar-refractivity contribution in [1.82, 2.24) is 10.2 Å². The van der Waals surface area contributed by atoms with E-state index in [9.17, 15) is 13.2 Å². The van der Waals surface area contributed by atoms with Gasteiger partial charge in [-0.1, -0.05) is 6.92 Å². The van der Waals surface area contributed by atoms with E-state index in [-0.39, 0.29) is 6.54 Å². The Morgan fingerprint density at radius 2 is 1.94 bits per heavy atom. The van der Waals surface area contributed by atoms with Crippen LogP contribution in [0.25, 0.3) is 0 Å². The first-order valence-corrected chi connectivity index (χ1v) is 6.74. The fraction of sp³-hybridized carbons (Fsp3) is 1.00. The first kappa shape index (κ1) is 15.8. The normalized spacial score (nSPS) is 29.8. The second-order valence-corrected chi connectivity index (χ2v) is 5.70. The fourth-order valence-corrected chi connectivity index (χ4v) is 2.89. The Balaban J connectivity index is 2.38. The molecule has 1 aliphatic rings. The highest BCUT2D eigenvalue weighted by molar-refractivity contribution is 4.84. The highest BCUT2D eigenvalue weighted by Gasteiger charge is 2.30. The van der Waals surface area contributed by atoms with Crippen LogP contribution >= 0.6 is 0 Å². The first-order chi connectivity index (χ1) is 8.31. The lowest BCUT2D eigenvalue weighted by molar-refractivity contribution is -0.137. The molecule has 1 fully saturated rings. The van der Waals surface area contributed by atoms with Crippen LogP contribution in [0.3, 0.4) is 0 Å². The van der Waals surface area contributed by atoms with Gasteiger partial charge in [0.2, 0.25) is 0 Å². The van der Waals surface area contributed by atoms with Crippen molar-refractivity contribution in [2.75, 3.05) is 27.2 Å². The van der Waals surface area contributed by atoms with Crippen molar-refractivity contribution in [3.63, 3.8) is 0 Å². The SMILES string of the molecule is CNC1CCC(C)CC1CN(C)CCC(F)(F)F. The molecule has 0 aromatic carbocycles. The summed E-state index contributed by atoms with van der Waals surface area (Å²) in [7, 11) is 3.74. The molecule has 18 heavy (non-hydrogen) atoms. The number of hydrogen-bond acceptors (Lipinski definition) is 2. The molecule has 0 spiro atoms. The van der Waals surface area contributed by atoms with Crippen molar-refractivity contribution >= 4 is 0 Å². The predicted octanol–water partition coefficient (Wildman–Crippen LogP) is 2.89.